The molecule has 2 atom stereocenters. The van der Waals surface area contributed by atoms with Crippen molar-refractivity contribution in [3.63, 3.8) is 0 Å². The van der Waals surface area contributed by atoms with E-state index >= 15 is 0 Å². The Morgan fingerprint density at radius 2 is 2.41 bits per heavy atom. The summed E-state index contributed by atoms with van der Waals surface area (Å²) < 4.78 is 1.44. The van der Waals surface area contributed by atoms with Crippen LogP contribution >= 0.6 is 0 Å². The second-order valence-electron chi connectivity index (χ2n) is 4.52. The second kappa shape index (κ2) is 5.22. The van der Waals surface area contributed by atoms with Crippen LogP contribution in [0.4, 0.5) is 0 Å². The highest BCUT2D eigenvalue weighted by atomic mass is 16.2. The van der Waals surface area contributed by atoms with Gasteiger partial charge in [0.1, 0.15) is 12.9 Å². The lowest BCUT2D eigenvalue weighted by Gasteiger charge is -2.38. The SMILES string of the molecule is CC(N)C1CCCCN1C(=O)Cn1cnnn1. The fourth-order valence-electron chi connectivity index (χ4n) is 2.30. The molecule has 2 heterocycles. The van der Waals surface area contributed by atoms with Crippen molar-refractivity contribution in [2.45, 2.75) is 44.8 Å². The van der Waals surface area contributed by atoms with Crippen LogP contribution < -0.4 is 5.73 Å². The van der Waals surface area contributed by atoms with Crippen molar-refractivity contribution in [3.8, 4) is 0 Å². The lowest BCUT2D eigenvalue weighted by atomic mass is 9.97. The maximum absolute atomic E-state index is 12.1. The molecule has 1 aliphatic heterocycles. The molecule has 1 aliphatic rings. The van der Waals surface area contributed by atoms with Crippen LogP contribution in [0.25, 0.3) is 0 Å². The van der Waals surface area contributed by atoms with Crippen molar-refractivity contribution in [2.75, 3.05) is 6.54 Å². The minimum Gasteiger partial charge on any atom is -0.337 e. The minimum atomic E-state index is 0.00752. The van der Waals surface area contributed by atoms with Gasteiger partial charge in [-0.2, -0.15) is 0 Å². The van der Waals surface area contributed by atoms with Crippen LogP contribution in [0.1, 0.15) is 26.2 Å². The number of amides is 1. The summed E-state index contributed by atoms with van der Waals surface area (Å²) in [4.78, 5) is 14.0. The van der Waals surface area contributed by atoms with E-state index in [4.69, 9.17) is 5.73 Å². The summed E-state index contributed by atoms with van der Waals surface area (Å²) in [7, 11) is 0. The van der Waals surface area contributed by atoms with Crippen molar-refractivity contribution in [1.82, 2.24) is 25.1 Å². The van der Waals surface area contributed by atoms with Gasteiger partial charge in [0.2, 0.25) is 5.91 Å². The van der Waals surface area contributed by atoms with E-state index in [1.807, 2.05) is 11.8 Å². The summed E-state index contributed by atoms with van der Waals surface area (Å²) >= 11 is 0. The minimum absolute atomic E-state index is 0.00752. The van der Waals surface area contributed by atoms with Crippen LogP contribution in [0.5, 0.6) is 0 Å². The number of carbonyl (C=O) groups is 1. The van der Waals surface area contributed by atoms with Crippen molar-refractivity contribution in [2.24, 2.45) is 5.73 Å². The molecule has 0 aliphatic carbocycles. The molecule has 1 aromatic heterocycles. The molecule has 1 saturated heterocycles. The lowest BCUT2D eigenvalue weighted by Crippen LogP contribution is -2.52. The summed E-state index contributed by atoms with van der Waals surface area (Å²) in [6.07, 6.45) is 4.62. The van der Waals surface area contributed by atoms with E-state index in [1.54, 1.807) is 0 Å². The molecule has 2 rings (SSSR count). The summed E-state index contributed by atoms with van der Waals surface area (Å²) in [5.74, 6) is 0.0410. The Morgan fingerprint density at radius 1 is 1.59 bits per heavy atom. The highest BCUT2D eigenvalue weighted by Crippen LogP contribution is 2.19. The standard InChI is InChI=1S/C10H18N6O/c1-8(11)9-4-2-3-5-16(9)10(17)6-15-7-12-13-14-15/h7-9H,2-6,11H2,1H3. The van der Waals surface area contributed by atoms with E-state index in [1.165, 1.54) is 11.0 Å². The number of hydrogen-bond donors (Lipinski definition) is 1. The van der Waals surface area contributed by atoms with Gasteiger partial charge in [-0.3, -0.25) is 4.79 Å². The largest absolute Gasteiger partial charge is 0.337 e. The molecule has 17 heavy (non-hydrogen) atoms. The van der Waals surface area contributed by atoms with E-state index in [-0.39, 0.29) is 24.5 Å². The van der Waals surface area contributed by atoms with Crippen molar-refractivity contribution in [3.05, 3.63) is 6.33 Å². The van der Waals surface area contributed by atoms with Gasteiger partial charge in [0.25, 0.3) is 0 Å². The molecule has 1 aromatic rings. The molecule has 2 unspecified atom stereocenters. The Labute approximate surface area is 100.0 Å². The van der Waals surface area contributed by atoms with Gasteiger partial charge in [-0.25, -0.2) is 4.68 Å². The molecular formula is C10H18N6O. The monoisotopic (exact) mass is 238 g/mol. The number of aromatic nitrogens is 4. The first-order valence-electron chi connectivity index (χ1n) is 5.94. The number of rotatable bonds is 3. The molecule has 7 nitrogen and oxygen atoms in total. The molecule has 0 radical (unpaired) electrons. The number of nitrogens with two attached hydrogens (primary N) is 1. The lowest BCUT2D eigenvalue weighted by molar-refractivity contribution is -0.136. The van der Waals surface area contributed by atoms with Crippen LogP contribution in [0, 0.1) is 0 Å². The van der Waals surface area contributed by atoms with Crippen LogP contribution in [0.15, 0.2) is 6.33 Å². The second-order valence-corrected chi connectivity index (χ2v) is 4.52. The number of tetrazole rings is 1. The Hall–Kier alpha value is -1.50. The molecule has 1 amide bonds. The van der Waals surface area contributed by atoms with Gasteiger partial charge in [0, 0.05) is 18.6 Å². The van der Waals surface area contributed by atoms with Gasteiger partial charge in [0.15, 0.2) is 0 Å². The summed E-state index contributed by atoms with van der Waals surface area (Å²) in [5.41, 5.74) is 5.93. The van der Waals surface area contributed by atoms with E-state index in [2.05, 4.69) is 15.5 Å². The van der Waals surface area contributed by atoms with Crippen LogP contribution in [-0.4, -0.2) is 49.6 Å². The van der Waals surface area contributed by atoms with E-state index < -0.39 is 0 Å². The van der Waals surface area contributed by atoms with Gasteiger partial charge >= 0.3 is 0 Å². The Bertz CT molecular complexity index is 363. The first kappa shape index (κ1) is 12.0. The Kier molecular flexibility index (Phi) is 3.68. The predicted octanol–water partition coefficient (Wildman–Crippen LogP) is -0.599. The average Bonchev–Trinajstić information content (AvgIpc) is 2.81. The summed E-state index contributed by atoms with van der Waals surface area (Å²) in [6, 6.07) is 0.154. The summed E-state index contributed by atoms with van der Waals surface area (Å²) in [5, 5.41) is 10.7. The van der Waals surface area contributed by atoms with Crippen molar-refractivity contribution in [1.29, 1.82) is 0 Å². The topological polar surface area (TPSA) is 89.9 Å². The number of hydrogen-bond acceptors (Lipinski definition) is 5. The fourth-order valence-corrected chi connectivity index (χ4v) is 2.30. The maximum atomic E-state index is 12.1. The van der Waals surface area contributed by atoms with Crippen molar-refractivity contribution >= 4 is 5.91 Å². The molecule has 1 fully saturated rings. The van der Waals surface area contributed by atoms with Crippen LogP contribution in [-0.2, 0) is 11.3 Å². The third-order valence-corrected chi connectivity index (χ3v) is 3.17. The zero-order valence-corrected chi connectivity index (χ0v) is 9.99. The van der Waals surface area contributed by atoms with Crippen molar-refractivity contribution < 1.29 is 4.79 Å². The Morgan fingerprint density at radius 3 is 3.06 bits per heavy atom. The smallest absolute Gasteiger partial charge is 0.244 e. The van der Waals surface area contributed by atoms with Gasteiger partial charge < -0.3 is 10.6 Å². The van der Waals surface area contributed by atoms with Gasteiger partial charge in [-0.1, -0.05) is 0 Å². The predicted molar refractivity (Wildman–Crippen MR) is 60.8 cm³/mol. The van der Waals surface area contributed by atoms with E-state index in [0.29, 0.717) is 0 Å². The number of nitrogens with zero attached hydrogens (tertiary/aromatic N) is 5. The zero-order valence-electron chi connectivity index (χ0n) is 9.99. The van der Waals surface area contributed by atoms with E-state index in [9.17, 15) is 4.79 Å². The highest BCUT2D eigenvalue weighted by molar-refractivity contribution is 5.76. The van der Waals surface area contributed by atoms with E-state index in [0.717, 1.165) is 25.8 Å². The van der Waals surface area contributed by atoms with Crippen LogP contribution in [0.3, 0.4) is 0 Å². The normalized spacial score (nSPS) is 22.5. The first-order valence-corrected chi connectivity index (χ1v) is 5.94. The number of likely N-dealkylation sites (tertiary alicyclic amines) is 1. The fraction of sp³-hybridized carbons (Fsp3) is 0.800. The third kappa shape index (κ3) is 2.79. The van der Waals surface area contributed by atoms with Gasteiger partial charge in [-0.05, 0) is 36.6 Å². The average molecular weight is 238 g/mol. The molecule has 94 valence electrons. The molecule has 7 heteroatoms. The van der Waals surface area contributed by atoms with Gasteiger partial charge in [-0.15, -0.1) is 5.10 Å². The molecule has 0 spiro atoms. The van der Waals surface area contributed by atoms with Crippen LogP contribution in [0.2, 0.25) is 0 Å². The Balaban J connectivity index is 2.01. The number of carbonyl (C=O) groups excluding carboxylic acids is 1. The molecular weight excluding hydrogens is 220 g/mol. The molecule has 0 aromatic carbocycles. The third-order valence-electron chi connectivity index (χ3n) is 3.17. The number of piperidine rings is 1. The summed E-state index contributed by atoms with van der Waals surface area (Å²) in [6.45, 7) is 2.93. The first-order chi connectivity index (χ1) is 8.18. The quantitative estimate of drug-likeness (QED) is 0.759. The molecule has 0 saturated carbocycles. The van der Waals surface area contributed by atoms with Gasteiger partial charge in [0.05, 0.1) is 0 Å². The molecule has 2 N–H and O–H groups in total. The highest BCUT2D eigenvalue weighted by Gasteiger charge is 2.29. The molecule has 0 bridgehead atoms. The zero-order chi connectivity index (χ0) is 12.3. The maximum Gasteiger partial charge on any atom is 0.244 e.